The minimum absolute atomic E-state index is 0.108. The Balaban J connectivity index is 1.83. The summed E-state index contributed by atoms with van der Waals surface area (Å²) in [5.74, 6) is -8.61. The first-order valence-electron chi connectivity index (χ1n) is 14.5. The standard InChI is InChI=1S/C36H30F6N2O/c1-5-7-25(31-29(37)13-19(3)33(39)35(31)41)27-15-23(11-9-21(27)17-43)45-24-12-10-22(18-44)28(16-24)26(8-6-2)32-30(38)14-20(4)34(40)36(32)42/h9-16,25-26H,5-8H2,1-4H3. The van der Waals surface area contributed by atoms with Crippen LogP contribution in [-0.2, 0) is 0 Å². The van der Waals surface area contributed by atoms with Crippen LogP contribution in [0.3, 0.4) is 0 Å². The van der Waals surface area contributed by atoms with Gasteiger partial charge in [0.25, 0.3) is 0 Å². The molecule has 0 fully saturated rings. The zero-order valence-electron chi connectivity index (χ0n) is 25.2. The molecule has 0 aliphatic heterocycles. The molecule has 4 aromatic carbocycles. The zero-order valence-corrected chi connectivity index (χ0v) is 25.2. The molecule has 2 unspecified atom stereocenters. The molecule has 0 aromatic heterocycles. The van der Waals surface area contributed by atoms with E-state index in [-0.39, 0.29) is 57.7 Å². The van der Waals surface area contributed by atoms with Gasteiger partial charge in [-0.1, -0.05) is 26.7 Å². The summed E-state index contributed by atoms with van der Waals surface area (Å²) in [4.78, 5) is 0. The molecule has 0 spiro atoms. The average molecular weight is 621 g/mol. The molecule has 0 saturated heterocycles. The van der Waals surface area contributed by atoms with Gasteiger partial charge in [0.05, 0.1) is 23.3 Å². The minimum atomic E-state index is -1.33. The van der Waals surface area contributed by atoms with Gasteiger partial charge in [-0.2, -0.15) is 10.5 Å². The van der Waals surface area contributed by atoms with Crippen molar-refractivity contribution < 1.29 is 31.1 Å². The average Bonchev–Trinajstić information content (AvgIpc) is 3.01. The lowest BCUT2D eigenvalue weighted by molar-refractivity contribution is 0.458. The summed E-state index contributed by atoms with van der Waals surface area (Å²) in [6.45, 7) is 6.08. The second-order valence-electron chi connectivity index (χ2n) is 10.9. The highest BCUT2D eigenvalue weighted by atomic mass is 19.2. The summed E-state index contributed by atoms with van der Waals surface area (Å²) < 4.78 is 95.6. The van der Waals surface area contributed by atoms with Gasteiger partial charge in [-0.15, -0.1) is 0 Å². The molecule has 0 heterocycles. The number of ether oxygens (including phenoxy) is 1. The molecule has 3 nitrogen and oxygen atoms in total. The van der Waals surface area contributed by atoms with Crippen LogP contribution in [0.25, 0.3) is 0 Å². The number of benzene rings is 4. The van der Waals surface area contributed by atoms with E-state index in [1.54, 1.807) is 13.8 Å². The molecule has 0 saturated carbocycles. The van der Waals surface area contributed by atoms with Crippen LogP contribution >= 0.6 is 0 Å². The van der Waals surface area contributed by atoms with Gasteiger partial charge in [-0.05, 0) is 97.5 Å². The summed E-state index contributed by atoms with van der Waals surface area (Å²) >= 11 is 0. The summed E-state index contributed by atoms with van der Waals surface area (Å²) in [6.07, 6.45) is 1.30. The first kappa shape index (κ1) is 33.1. The summed E-state index contributed by atoms with van der Waals surface area (Å²) in [5, 5.41) is 19.6. The van der Waals surface area contributed by atoms with Crippen molar-refractivity contribution in [1.82, 2.24) is 0 Å². The van der Waals surface area contributed by atoms with Gasteiger partial charge < -0.3 is 4.74 Å². The second-order valence-corrected chi connectivity index (χ2v) is 10.9. The van der Waals surface area contributed by atoms with E-state index in [9.17, 15) is 19.3 Å². The Labute approximate surface area is 258 Å². The molecule has 0 bridgehead atoms. The van der Waals surface area contributed by atoms with Crippen LogP contribution in [0, 0.1) is 71.4 Å². The van der Waals surface area contributed by atoms with Crippen molar-refractivity contribution in [3.8, 4) is 23.6 Å². The minimum Gasteiger partial charge on any atom is -0.457 e. The van der Waals surface area contributed by atoms with E-state index in [4.69, 9.17) is 4.74 Å². The van der Waals surface area contributed by atoms with Gasteiger partial charge >= 0.3 is 0 Å². The van der Waals surface area contributed by atoms with Crippen molar-refractivity contribution in [2.75, 3.05) is 0 Å². The van der Waals surface area contributed by atoms with Crippen LogP contribution in [0.15, 0.2) is 48.5 Å². The zero-order chi connectivity index (χ0) is 33.0. The third-order valence-corrected chi connectivity index (χ3v) is 7.88. The van der Waals surface area contributed by atoms with E-state index in [2.05, 4.69) is 0 Å². The molecule has 4 rings (SSSR count). The highest BCUT2D eigenvalue weighted by Crippen LogP contribution is 2.41. The molecule has 0 amide bonds. The van der Waals surface area contributed by atoms with Gasteiger partial charge in [0.1, 0.15) is 23.1 Å². The van der Waals surface area contributed by atoms with Crippen LogP contribution in [0.5, 0.6) is 11.5 Å². The Bertz CT molecular complexity index is 1710. The van der Waals surface area contributed by atoms with Gasteiger partial charge in [-0.3, -0.25) is 0 Å². The maximum absolute atomic E-state index is 15.1. The molecule has 4 aromatic rings. The van der Waals surface area contributed by atoms with Crippen LogP contribution in [0.4, 0.5) is 26.3 Å². The highest BCUT2D eigenvalue weighted by molar-refractivity contribution is 5.52. The summed E-state index contributed by atoms with van der Waals surface area (Å²) in [7, 11) is 0. The Kier molecular flexibility index (Phi) is 10.2. The Morgan fingerprint density at radius 1 is 0.600 bits per heavy atom. The lowest BCUT2D eigenvalue weighted by Crippen LogP contribution is -2.11. The molecule has 9 heteroatoms. The molecule has 45 heavy (non-hydrogen) atoms. The summed E-state index contributed by atoms with van der Waals surface area (Å²) in [5.41, 5.74) is -0.713. The number of nitrogens with zero attached hydrogens (tertiary/aromatic N) is 2. The van der Waals surface area contributed by atoms with Crippen molar-refractivity contribution >= 4 is 0 Å². The molecule has 232 valence electrons. The Morgan fingerprint density at radius 3 is 1.31 bits per heavy atom. The van der Waals surface area contributed by atoms with Gasteiger partial charge in [0.15, 0.2) is 23.3 Å². The van der Waals surface area contributed by atoms with E-state index >= 15 is 17.6 Å². The smallest absolute Gasteiger partial charge is 0.165 e. The Morgan fingerprint density at radius 2 is 0.978 bits per heavy atom. The number of nitriles is 2. The second kappa shape index (κ2) is 13.9. The molecular weight excluding hydrogens is 590 g/mol. The number of aryl methyl sites for hydroxylation is 2. The molecule has 0 aliphatic rings. The summed E-state index contributed by atoms with van der Waals surface area (Å²) in [6, 6.07) is 14.5. The van der Waals surface area contributed by atoms with E-state index in [1.165, 1.54) is 50.2 Å². The van der Waals surface area contributed by atoms with Crippen molar-refractivity contribution in [2.24, 2.45) is 0 Å². The van der Waals surface area contributed by atoms with E-state index in [1.807, 2.05) is 12.1 Å². The van der Waals surface area contributed by atoms with Crippen LogP contribution in [0.1, 0.15) is 95.9 Å². The molecular formula is C36H30F6N2O. The molecule has 0 N–H and O–H groups in total. The normalized spacial score (nSPS) is 12.4. The van der Waals surface area contributed by atoms with Crippen LogP contribution in [-0.4, -0.2) is 0 Å². The predicted octanol–water partition coefficient (Wildman–Crippen LogP) is 10.5. The molecule has 0 aliphatic carbocycles. The highest BCUT2D eigenvalue weighted by Gasteiger charge is 2.29. The van der Waals surface area contributed by atoms with Crippen LogP contribution in [0.2, 0.25) is 0 Å². The first-order chi connectivity index (χ1) is 21.5. The lowest BCUT2D eigenvalue weighted by Gasteiger charge is -2.22. The molecule has 0 radical (unpaired) electrons. The first-order valence-corrected chi connectivity index (χ1v) is 14.5. The Hall–Kier alpha value is -4.76. The van der Waals surface area contributed by atoms with Crippen molar-refractivity contribution in [3.63, 3.8) is 0 Å². The monoisotopic (exact) mass is 620 g/mol. The van der Waals surface area contributed by atoms with Crippen molar-refractivity contribution in [2.45, 2.75) is 65.2 Å². The van der Waals surface area contributed by atoms with Crippen LogP contribution < -0.4 is 4.74 Å². The number of hydrogen-bond donors (Lipinski definition) is 0. The SMILES string of the molecule is CCCC(c1cc(Oc2ccc(C#N)c(C(CCC)c3c(F)cc(C)c(F)c3F)c2)ccc1C#N)c1c(F)cc(C)c(F)c1F. The lowest BCUT2D eigenvalue weighted by atomic mass is 9.83. The fourth-order valence-electron chi connectivity index (χ4n) is 5.71. The fraction of sp³-hybridized carbons (Fsp3) is 0.278. The third-order valence-electron chi connectivity index (χ3n) is 7.88. The largest absolute Gasteiger partial charge is 0.457 e. The predicted molar refractivity (Wildman–Crippen MR) is 158 cm³/mol. The van der Waals surface area contributed by atoms with E-state index < -0.39 is 57.9 Å². The number of rotatable bonds is 10. The van der Waals surface area contributed by atoms with Gasteiger partial charge in [0.2, 0.25) is 0 Å². The maximum Gasteiger partial charge on any atom is 0.165 e. The topological polar surface area (TPSA) is 56.8 Å². The quantitative estimate of drug-likeness (QED) is 0.131. The fourth-order valence-corrected chi connectivity index (χ4v) is 5.71. The van der Waals surface area contributed by atoms with E-state index in [0.29, 0.717) is 12.8 Å². The molecule has 2 atom stereocenters. The van der Waals surface area contributed by atoms with Gasteiger partial charge in [-0.25, -0.2) is 26.3 Å². The number of halogens is 6. The maximum atomic E-state index is 15.1. The van der Waals surface area contributed by atoms with Gasteiger partial charge in [0, 0.05) is 23.0 Å². The van der Waals surface area contributed by atoms with Crippen molar-refractivity contribution in [3.05, 3.63) is 128 Å². The van der Waals surface area contributed by atoms with Crippen molar-refractivity contribution in [1.29, 1.82) is 10.5 Å². The third kappa shape index (κ3) is 6.54. The number of hydrogen-bond acceptors (Lipinski definition) is 3. The van der Waals surface area contributed by atoms with E-state index in [0.717, 1.165) is 12.1 Å².